The van der Waals surface area contributed by atoms with Crippen LogP contribution in [0.2, 0.25) is 0 Å². The third-order valence-corrected chi connectivity index (χ3v) is 9.19. The fraction of sp³-hybridized carbons (Fsp3) is 0.564. The summed E-state index contributed by atoms with van der Waals surface area (Å²) in [6.45, 7) is 8.28. The molecule has 3 rings (SSSR count). The average molecular weight is 755 g/mol. The number of hydrogen-bond donors (Lipinski definition) is 7. The SMILES string of the molecule is CCC(C)[C@@H](CO)NC(=O)CC(O)C(CC(C)C)NC(=O)[C@H](Cc1c[nH]cn1)NC(=O)[C@H](Cc1cccc2ccccc12)NC(=O)OCCOCCOC. The number of H-pyrrole nitrogens is 1. The van der Waals surface area contributed by atoms with Gasteiger partial charge in [-0.15, -0.1) is 0 Å². The molecule has 0 aliphatic heterocycles. The Morgan fingerprint density at radius 3 is 2.24 bits per heavy atom. The Morgan fingerprint density at radius 1 is 0.852 bits per heavy atom. The minimum atomic E-state index is -1.26. The first kappa shape index (κ1) is 43.8. The highest BCUT2D eigenvalue weighted by atomic mass is 16.6. The Bertz CT molecular complexity index is 1580. The van der Waals surface area contributed by atoms with E-state index in [-0.39, 0.29) is 50.9 Å². The smallest absolute Gasteiger partial charge is 0.407 e. The van der Waals surface area contributed by atoms with Crippen LogP contribution in [-0.2, 0) is 41.4 Å². The van der Waals surface area contributed by atoms with Crippen LogP contribution in [0.25, 0.3) is 10.8 Å². The second kappa shape index (κ2) is 23.3. The van der Waals surface area contributed by atoms with Crippen LogP contribution >= 0.6 is 0 Å². The number of aromatic nitrogens is 2. The molecule has 0 saturated carbocycles. The van der Waals surface area contributed by atoms with Crippen LogP contribution in [0.4, 0.5) is 4.79 Å². The zero-order valence-corrected chi connectivity index (χ0v) is 32.0. The van der Waals surface area contributed by atoms with Crippen molar-refractivity contribution in [1.82, 2.24) is 31.2 Å². The summed E-state index contributed by atoms with van der Waals surface area (Å²) < 4.78 is 15.6. The molecule has 0 aliphatic carbocycles. The summed E-state index contributed by atoms with van der Waals surface area (Å²) >= 11 is 0. The number of nitrogens with one attached hydrogen (secondary N) is 5. The van der Waals surface area contributed by atoms with Gasteiger partial charge >= 0.3 is 6.09 Å². The summed E-state index contributed by atoms with van der Waals surface area (Å²) in [5.74, 6) is -1.66. The molecule has 0 saturated heterocycles. The van der Waals surface area contributed by atoms with Crippen LogP contribution < -0.4 is 21.3 Å². The van der Waals surface area contributed by atoms with E-state index in [1.54, 1.807) is 13.3 Å². The molecular formula is C39H58N6O9. The van der Waals surface area contributed by atoms with Gasteiger partial charge in [0.25, 0.3) is 0 Å². The van der Waals surface area contributed by atoms with Gasteiger partial charge in [0.05, 0.1) is 63.1 Å². The van der Waals surface area contributed by atoms with Crippen LogP contribution in [0.1, 0.15) is 58.2 Å². The fourth-order valence-corrected chi connectivity index (χ4v) is 5.97. The molecule has 6 atom stereocenters. The van der Waals surface area contributed by atoms with Gasteiger partial charge in [-0.1, -0.05) is 76.6 Å². The summed E-state index contributed by atoms with van der Waals surface area (Å²) in [6, 6.07) is 9.71. The van der Waals surface area contributed by atoms with E-state index in [2.05, 4.69) is 31.2 Å². The second-order valence-corrected chi connectivity index (χ2v) is 13.9. The molecule has 4 amide bonds. The number of carbonyl (C=O) groups excluding carboxylic acids is 4. The van der Waals surface area contributed by atoms with E-state index in [9.17, 15) is 29.4 Å². The predicted molar refractivity (Wildman–Crippen MR) is 203 cm³/mol. The molecule has 54 heavy (non-hydrogen) atoms. The van der Waals surface area contributed by atoms with Crippen molar-refractivity contribution in [2.45, 2.75) is 90.1 Å². The van der Waals surface area contributed by atoms with Gasteiger partial charge in [-0.25, -0.2) is 9.78 Å². The number of methoxy groups -OCH3 is 1. The number of carbonyl (C=O) groups is 4. The molecule has 3 aromatic rings. The standard InChI is InChI=1S/C39H58N6O9/c1-6-26(4)34(23-46)42-36(48)21-35(47)31(18-25(2)3)43-38(50)33(20-29-22-40-24-41-29)44-37(49)32(45-39(51)54-17-16-53-15-14-52-5)19-28-12-9-11-27-10-7-8-13-30(27)28/h7-13,22,24-26,31-35,46-47H,6,14-21,23H2,1-5H3,(H,40,41)(H,42,48)(H,43,50)(H,44,49)(H,45,51)/t26?,31?,32-,33-,34+,35?/m0/s1. The molecule has 15 nitrogen and oxygen atoms in total. The van der Waals surface area contributed by atoms with E-state index < -0.39 is 54.1 Å². The maximum Gasteiger partial charge on any atom is 0.407 e. The largest absolute Gasteiger partial charge is 0.447 e. The van der Waals surface area contributed by atoms with Gasteiger partial charge in [-0.05, 0) is 34.6 Å². The van der Waals surface area contributed by atoms with E-state index in [4.69, 9.17) is 14.2 Å². The number of nitrogens with zero attached hydrogens (tertiary/aromatic N) is 1. The molecule has 0 aliphatic rings. The van der Waals surface area contributed by atoms with Gasteiger partial charge in [0.1, 0.15) is 18.7 Å². The number of fused-ring (bicyclic) bond motifs is 1. The molecule has 3 unspecified atom stereocenters. The van der Waals surface area contributed by atoms with Gasteiger partial charge in [0.15, 0.2) is 0 Å². The van der Waals surface area contributed by atoms with E-state index in [0.29, 0.717) is 25.3 Å². The highest BCUT2D eigenvalue weighted by molar-refractivity contribution is 5.93. The van der Waals surface area contributed by atoms with Gasteiger partial charge in [0, 0.05) is 26.1 Å². The van der Waals surface area contributed by atoms with Crippen molar-refractivity contribution in [3.05, 3.63) is 66.2 Å². The van der Waals surface area contributed by atoms with Crippen molar-refractivity contribution in [2.75, 3.05) is 40.1 Å². The number of aliphatic hydroxyl groups is 2. The number of amides is 4. The van der Waals surface area contributed by atoms with E-state index in [1.807, 2.05) is 70.2 Å². The molecular weight excluding hydrogens is 696 g/mol. The summed E-state index contributed by atoms with van der Waals surface area (Å²) in [7, 11) is 1.55. The van der Waals surface area contributed by atoms with Gasteiger partial charge in [-0.3, -0.25) is 14.4 Å². The first-order valence-electron chi connectivity index (χ1n) is 18.6. The van der Waals surface area contributed by atoms with Crippen molar-refractivity contribution in [1.29, 1.82) is 0 Å². The van der Waals surface area contributed by atoms with E-state index in [0.717, 1.165) is 22.8 Å². The van der Waals surface area contributed by atoms with Gasteiger partial charge < -0.3 is 50.7 Å². The van der Waals surface area contributed by atoms with Crippen LogP contribution in [0.5, 0.6) is 0 Å². The van der Waals surface area contributed by atoms with Crippen molar-refractivity contribution in [3.8, 4) is 0 Å². The van der Waals surface area contributed by atoms with Gasteiger partial charge in [0.2, 0.25) is 17.7 Å². The first-order chi connectivity index (χ1) is 25.9. The number of aliphatic hydroxyl groups excluding tert-OH is 2. The lowest BCUT2D eigenvalue weighted by molar-refractivity contribution is -0.131. The van der Waals surface area contributed by atoms with E-state index in [1.165, 1.54) is 6.33 Å². The molecule has 0 spiro atoms. The Balaban J connectivity index is 1.82. The molecule has 7 N–H and O–H groups in total. The minimum Gasteiger partial charge on any atom is -0.447 e. The zero-order chi connectivity index (χ0) is 39.5. The summed E-state index contributed by atoms with van der Waals surface area (Å²) in [5.41, 5.74) is 1.28. The lowest BCUT2D eigenvalue weighted by Gasteiger charge is -2.29. The summed E-state index contributed by atoms with van der Waals surface area (Å²) in [6.07, 6.45) is 1.80. The highest BCUT2D eigenvalue weighted by Gasteiger charge is 2.32. The molecule has 298 valence electrons. The van der Waals surface area contributed by atoms with E-state index >= 15 is 0 Å². The number of alkyl carbamates (subject to hydrolysis) is 1. The van der Waals surface area contributed by atoms with Crippen molar-refractivity contribution in [2.24, 2.45) is 11.8 Å². The molecule has 0 radical (unpaired) electrons. The Kier molecular flexibility index (Phi) is 18.9. The predicted octanol–water partition coefficient (Wildman–Crippen LogP) is 2.40. The third-order valence-electron chi connectivity index (χ3n) is 9.19. The molecule has 1 heterocycles. The Labute approximate surface area is 317 Å². The fourth-order valence-electron chi connectivity index (χ4n) is 5.97. The Hall–Kier alpha value is -4.57. The summed E-state index contributed by atoms with van der Waals surface area (Å²) in [5, 5.41) is 34.0. The van der Waals surface area contributed by atoms with Crippen molar-refractivity contribution >= 4 is 34.6 Å². The molecule has 0 fully saturated rings. The lowest BCUT2D eigenvalue weighted by Crippen LogP contribution is -2.57. The van der Waals surface area contributed by atoms with Crippen LogP contribution in [-0.4, -0.2) is 114 Å². The van der Waals surface area contributed by atoms with Crippen LogP contribution in [0.15, 0.2) is 55.0 Å². The number of benzene rings is 2. The second-order valence-electron chi connectivity index (χ2n) is 13.9. The van der Waals surface area contributed by atoms with Crippen LogP contribution in [0, 0.1) is 11.8 Å². The third kappa shape index (κ3) is 14.7. The highest BCUT2D eigenvalue weighted by Crippen LogP contribution is 2.20. The minimum absolute atomic E-state index is 0.0105. The average Bonchev–Trinajstić information content (AvgIpc) is 3.67. The summed E-state index contributed by atoms with van der Waals surface area (Å²) in [4.78, 5) is 61.1. The topological polar surface area (TPSA) is 213 Å². The first-order valence-corrected chi connectivity index (χ1v) is 18.6. The number of aromatic amines is 1. The number of ether oxygens (including phenoxy) is 3. The molecule has 2 aromatic carbocycles. The Morgan fingerprint density at radius 2 is 1.56 bits per heavy atom. The quantitative estimate of drug-likeness (QED) is 0.0664. The molecule has 15 heteroatoms. The maximum atomic E-state index is 14.1. The zero-order valence-electron chi connectivity index (χ0n) is 32.0. The monoisotopic (exact) mass is 754 g/mol. The normalized spacial score (nSPS) is 14.7. The number of imidazole rings is 1. The van der Waals surface area contributed by atoms with Crippen molar-refractivity contribution in [3.63, 3.8) is 0 Å². The number of hydrogen-bond acceptors (Lipinski definition) is 10. The van der Waals surface area contributed by atoms with Crippen molar-refractivity contribution < 1.29 is 43.6 Å². The molecule has 0 bridgehead atoms. The number of rotatable bonds is 24. The maximum absolute atomic E-state index is 14.1. The van der Waals surface area contributed by atoms with Crippen LogP contribution in [0.3, 0.4) is 0 Å². The van der Waals surface area contributed by atoms with Gasteiger partial charge in [-0.2, -0.15) is 0 Å². The lowest BCUT2D eigenvalue weighted by atomic mass is 9.95. The molecule has 1 aromatic heterocycles.